The summed E-state index contributed by atoms with van der Waals surface area (Å²) in [6, 6.07) is -1.40. The van der Waals surface area contributed by atoms with Gasteiger partial charge in [-0.3, -0.25) is 0 Å². The summed E-state index contributed by atoms with van der Waals surface area (Å²) < 4.78 is 0. The van der Waals surface area contributed by atoms with Crippen molar-refractivity contribution in [2.45, 2.75) is 58.0 Å². The van der Waals surface area contributed by atoms with Crippen LogP contribution >= 0.6 is 0 Å². The fourth-order valence-electron chi connectivity index (χ4n) is 2.32. The Morgan fingerprint density at radius 3 is 2.37 bits per heavy atom. The molecule has 1 aliphatic carbocycles. The second-order valence-corrected chi connectivity index (χ2v) is 5.96. The van der Waals surface area contributed by atoms with Crippen LogP contribution in [0, 0.1) is 5.41 Å². The van der Waals surface area contributed by atoms with Gasteiger partial charge >= 0.3 is 12.0 Å². The molecule has 0 radical (unpaired) electrons. The lowest BCUT2D eigenvalue weighted by Crippen LogP contribution is -2.50. The Balaban J connectivity index is 2.37. The van der Waals surface area contributed by atoms with Crippen LogP contribution in [-0.2, 0) is 4.79 Å². The van der Waals surface area contributed by atoms with Gasteiger partial charge in [0.15, 0.2) is 0 Å². The standard InChI is InChI=1S/C13H24N2O4/c1-13(2)6-3-9(4-7-13)14-12(19)15-10(5-8-16)11(17)18/h9-10,16H,3-8H2,1-2H3,(H,17,18)(H2,14,15,19). The van der Waals surface area contributed by atoms with Gasteiger partial charge in [0.05, 0.1) is 0 Å². The van der Waals surface area contributed by atoms with Crippen LogP contribution in [0.5, 0.6) is 0 Å². The first-order chi connectivity index (χ1) is 8.84. The van der Waals surface area contributed by atoms with Gasteiger partial charge < -0.3 is 20.8 Å². The number of urea groups is 1. The number of hydrogen-bond donors (Lipinski definition) is 4. The molecule has 0 heterocycles. The molecule has 1 unspecified atom stereocenters. The molecular weight excluding hydrogens is 248 g/mol. The number of aliphatic hydroxyl groups excluding tert-OH is 1. The first-order valence-electron chi connectivity index (χ1n) is 6.75. The smallest absolute Gasteiger partial charge is 0.326 e. The van der Waals surface area contributed by atoms with Crippen molar-refractivity contribution in [3.8, 4) is 0 Å². The number of carboxylic acid groups (broad SMARTS) is 1. The second kappa shape index (κ2) is 6.75. The summed E-state index contributed by atoms with van der Waals surface area (Å²) in [7, 11) is 0. The molecule has 1 rings (SSSR count). The SMILES string of the molecule is CC1(C)CCC(NC(=O)NC(CCO)C(=O)O)CC1. The van der Waals surface area contributed by atoms with Crippen molar-refractivity contribution in [1.82, 2.24) is 10.6 Å². The number of carboxylic acids is 1. The van der Waals surface area contributed by atoms with Gasteiger partial charge in [-0.1, -0.05) is 13.8 Å². The Hall–Kier alpha value is -1.30. The topological polar surface area (TPSA) is 98.7 Å². The summed E-state index contributed by atoms with van der Waals surface area (Å²) in [5.74, 6) is -1.13. The third-order valence-corrected chi connectivity index (χ3v) is 3.70. The van der Waals surface area contributed by atoms with Crippen molar-refractivity contribution in [3.63, 3.8) is 0 Å². The van der Waals surface area contributed by atoms with Crippen LogP contribution < -0.4 is 10.6 Å². The van der Waals surface area contributed by atoms with E-state index in [1.165, 1.54) is 0 Å². The average molecular weight is 272 g/mol. The number of hydrogen-bond acceptors (Lipinski definition) is 3. The van der Waals surface area contributed by atoms with E-state index in [0.717, 1.165) is 25.7 Å². The molecule has 0 bridgehead atoms. The van der Waals surface area contributed by atoms with Gasteiger partial charge in [-0.25, -0.2) is 9.59 Å². The Morgan fingerprint density at radius 2 is 1.89 bits per heavy atom. The summed E-state index contributed by atoms with van der Waals surface area (Å²) in [6.45, 7) is 4.16. The number of carbonyl (C=O) groups excluding carboxylic acids is 1. The van der Waals surface area contributed by atoms with Crippen molar-refractivity contribution in [1.29, 1.82) is 0 Å². The fraction of sp³-hybridized carbons (Fsp3) is 0.846. The van der Waals surface area contributed by atoms with Crippen LogP contribution in [0.2, 0.25) is 0 Å². The van der Waals surface area contributed by atoms with Crippen molar-refractivity contribution >= 4 is 12.0 Å². The second-order valence-electron chi connectivity index (χ2n) is 5.96. The highest BCUT2D eigenvalue weighted by Crippen LogP contribution is 2.34. The monoisotopic (exact) mass is 272 g/mol. The maximum absolute atomic E-state index is 11.7. The summed E-state index contributed by atoms with van der Waals surface area (Å²) in [6.07, 6.45) is 3.95. The molecule has 0 saturated heterocycles. The number of nitrogens with one attached hydrogen (secondary N) is 2. The lowest BCUT2D eigenvalue weighted by atomic mass is 9.76. The van der Waals surface area contributed by atoms with E-state index < -0.39 is 18.0 Å². The van der Waals surface area contributed by atoms with Gasteiger partial charge in [0.25, 0.3) is 0 Å². The molecule has 1 saturated carbocycles. The van der Waals surface area contributed by atoms with Gasteiger partial charge in [0.2, 0.25) is 0 Å². The maximum atomic E-state index is 11.7. The van der Waals surface area contributed by atoms with E-state index in [-0.39, 0.29) is 19.1 Å². The summed E-state index contributed by atoms with van der Waals surface area (Å²) in [5.41, 5.74) is 0.329. The van der Waals surface area contributed by atoms with E-state index in [1.807, 2.05) is 0 Å². The summed E-state index contributed by atoms with van der Waals surface area (Å²) >= 11 is 0. The molecule has 0 aromatic heterocycles. The molecule has 2 amide bonds. The number of carbonyl (C=O) groups is 2. The molecular formula is C13H24N2O4. The zero-order valence-electron chi connectivity index (χ0n) is 11.6. The van der Waals surface area contributed by atoms with Crippen LogP contribution in [0.25, 0.3) is 0 Å². The van der Waals surface area contributed by atoms with Gasteiger partial charge in [0, 0.05) is 19.1 Å². The van der Waals surface area contributed by atoms with Crippen LogP contribution in [0.15, 0.2) is 0 Å². The molecule has 1 atom stereocenters. The number of amides is 2. The maximum Gasteiger partial charge on any atom is 0.326 e. The quantitative estimate of drug-likeness (QED) is 0.602. The predicted molar refractivity (Wildman–Crippen MR) is 70.8 cm³/mol. The lowest BCUT2D eigenvalue weighted by molar-refractivity contribution is -0.139. The number of rotatable bonds is 5. The van der Waals surface area contributed by atoms with E-state index in [9.17, 15) is 9.59 Å². The third kappa shape index (κ3) is 5.46. The van der Waals surface area contributed by atoms with Crippen molar-refractivity contribution in [2.75, 3.05) is 6.61 Å². The first-order valence-corrected chi connectivity index (χ1v) is 6.75. The molecule has 1 fully saturated rings. The minimum Gasteiger partial charge on any atom is -0.480 e. The van der Waals surface area contributed by atoms with E-state index in [2.05, 4.69) is 24.5 Å². The molecule has 0 aromatic carbocycles. The Morgan fingerprint density at radius 1 is 1.32 bits per heavy atom. The molecule has 1 aliphatic rings. The van der Waals surface area contributed by atoms with Gasteiger partial charge in [-0.15, -0.1) is 0 Å². The minimum atomic E-state index is -1.13. The normalized spacial score (nSPS) is 20.6. The Bertz CT molecular complexity index is 321. The number of aliphatic carboxylic acids is 1. The fourth-order valence-corrected chi connectivity index (χ4v) is 2.32. The minimum absolute atomic E-state index is 0.0143. The molecule has 19 heavy (non-hydrogen) atoms. The van der Waals surface area contributed by atoms with Crippen molar-refractivity contribution in [3.05, 3.63) is 0 Å². The zero-order valence-corrected chi connectivity index (χ0v) is 11.6. The highest BCUT2D eigenvalue weighted by molar-refractivity contribution is 5.82. The van der Waals surface area contributed by atoms with Gasteiger partial charge in [-0.2, -0.15) is 0 Å². The molecule has 6 heteroatoms. The van der Waals surface area contributed by atoms with Crippen molar-refractivity contribution < 1.29 is 19.8 Å². The molecule has 6 nitrogen and oxygen atoms in total. The first kappa shape index (κ1) is 15.8. The highest BCUT2D eigenvalue weighted by Gasteiger charge is 2.28. The Labute approximate surface area is 113 Å². The molecule has 4 N–H and O–H groups in total. The summed E-state index contributed by atoms with van der Waals surface area (Å²) in [5, 5.41) is 22.8. The van der Waals surface area contributed by atoms with Gasteiger partial charge in [-0.05, 0) is 31.1 Å². The van der Waals surface area contributed by atoms with Crippen LogP contribution in [0.3, 0.4) is 0 Å². The Kier molecular flexibility index (Phi) is 5.60. The van der Waals surface area contributed by atoms with E-state index in [0.29, 0.717) is 5.41 Å². The molecule has 0 spiro atoms. The van der Waals surface area contributed by atoms with Gasteiger partial charge in [0.1, 0.15) is 6.04 Å². The van der Waals surface area contributed by atoms with Crippen molar-refractivity contribution in [2.24, 2.45) is 5.41 Å². The van der Waals surface area contributed by atoms with E-state index >= 15 is 0 Å². The molecule has 0 aromatic rings. The lowest BCUT2D eigenvalue weighted by Gasteiger charge is -2.34. The van der Waals surface area contributed by atoms with E-state index in [1.54, 1.807) is 0 Å². The predicted octanol–water partition coefficient (Wildman–Crippen LogP) is 1.09. The summed E-state index contributed by atoms with van der Waals surface area (Å²) in [4.78, 5) is 22.5. The average Bonchev–Trinajstić information content (AvgIpc) is 2.31. The highest BCUT2D eigenvalue weighted by atomic mass is 16.4. The van der Waals surface area contributed by atoms with E-state index in [4.69, 9.17) is 10.2 Å². The third-order valence-electron chi connectivity index (χ3n) is 3.70. The largest absolute Gasteiger partial charge is 0.480 e. The van der Waals surface area contributed by atoms with Crippen LogP contribution in [0.1, 0.15) is 46.0 Å². The zero-order chi connectivity index (χ0) is 14.5. The van der Waals surface area contributed by atoms with Crippen LogP contribution in [0.4, 0.5) is 4.79 Å². The number of aliphatic hydroxyl groups is 1. The van der Waals surface area contributed by atoms with Crippen LogP contribution in [-0.4, -0.2) is 40.9 Å². The molecule has 110 valence electrons. The molecule has 0 aliphatic heterocycles.